The molecule has 3 amide bonds. The topological polar surface area (TPSA) is 79.4 Å². The van der Waals surface area contributed by atoms with E-state index in [4.69, 9.17) is 9.47 Å². The fourth-order valence-electron chi connectivity index (χ4n) is 4.31. The summed E-state index contributed by atoms with van der Waals surface area (Å²) >= 11 is 0. The minimum absolute atomic E-state index is 0.0464. The molecule has 2 saturated heterocycles. The van der Waals surface area contributed by atoms with Crippen molar-refractivity contribution < 1.29 is 23.9 Å². The highest BCUT2D eigenvalue weighted by atomic mass is 16.6. The third-order valence-corrected chi connectivity index (χ3v) is 6.00. The summed E-state index contributed by atoms with van der Waals surface area (Å²) in [5, 5.41) is 0. The van der Waals surface area contributed by atoms with Crippen LogP contribution >= 0.6 is 0 Å². The number of nitrogens with zero attached hydrogens (tertiary/aromatic N) is 3. The summed E-state index contributed by atoms with van der Waals surface area (Å²) in [4.78, 5) is 44.1. The highest BCUT2D eigenvalue weighted by Gasteiger charge is 2.48. The first-order valence-corrected chi connectivity index (χ1v) is 11.5. The summed E-state index contributed by atoms with van der Waals surface area (Å²) in [5.41, 5.74) is -1.95. The van der Waals surface area contributed by atoms with E-state index in [-0.39, 0.29) is 18.4 Å². The van der Waals surface area contributed by atoms with Gasteiger partial charge in [0.1, 0.15) is 25.6 Å². The van der Waals surface area contributed by atoms with Gasteiger partial charge in [-0.05, 0) is 73.2 Å². The molecule has 2 heterocycles. The molecule has 9 heteroatoms. The highest BCUT2D eigenvalue weighted by molar-refractivity contribution is 6.13. The van der Waals surface area contributed by atoms with Crippen LogP contribution in [0.5, 0.6) is 0 Å². The molecule has 2 rings (SSSR count). The molecule has 0 N–H and O–H groups in total. The van der Waals surface area contributed by atoms with E-state index in [1.54, 1.807) is 9.80 Å². The van der Waals surface area contributed by atoms with Gasteiger partial charge in [0, 0.05) is 19.6 Å². The summed E-state index contributed by atoms with van der Waals surface area (Å²) in [7, 11) is 2.04. The fraction of sp³-hybridized carbons (Fsp3) is 0.864. The molecule has 31 heavy (non-hydrogen) atoms. The van der Waals surface area contributed by atoms with Crippen molar-refractivity contribution in [3.8, 4) is 0 Å². The number of hydrogen-bond acceptors (Lipinski definition) is 5. The largest absolute Gasteiger partial charge is 0.444 e. The van der Waals surface area contributed by atoms with Crippen LogP contribution in [0.4, 0.5) is 9.59 Å². The van der Waals surface area contributed by atoms with Crippen LogP contribution in [0.2, 0.25) is 0 Å². The van der Waals surface area contributed by atoms with Crippen molar-refractivity contribution in [2.45, 2.75) is 96.8 Å². The first-order valence-electron chi connectivity index (χ1n) is 11.5. The van der Waals surface area contributed by atoms with Gasteiger partial charge in [0.15, 0.2) is 0 Å². The molecule has 2 atom stereocenters. The van der Waals surface area contributed by atoms with E-state index in [0.29, 0.717) is 32.5 Å². The zero-order valence-corrected chi connectivity index (χ0v) is 20.6. The van der Waals surface area contributed by atoms with Crippen LogP contribution in [0.25, 0.3) is 0 Å². The average Bonchev–Trinajstić information content (AvgIpc) is 3.23. The molecule has 2 fully saturated rings. The van der Waals surface area contributed by atoms with Crippen LogP contribution in [-0.4, -0.2) is 89.5 Å². The molecular formula is C22H40BN3O5. The number of rotatable bonds is 4. The van der Waals surface area contributed by atoms with Crippen LogP contribution in [0.3, 0.4) is 0 Å². The lowest BCUT2D eigenvalue weighted by molar-refractivity contribution is -0.133. The molecule has 0 saturated carbocycles. The summed E-state index contributed by atoms with van der Waals surface area (Å²) in [5.74, 6) is 0.104. The van der Waals surface area contributed by atoms with Crippen LogP contribution in [0.1, 0.15) is 74.1 Å². The van der Waals surface area contributed by atoms with Crippen molar-refractivity contribution in [2.75, 3.05) is 26.2 Å². The van der Waals surface area contributed by atoms with Crippen molar-refractivity contribution >= 4 is 25.9 Å². The van der Waals surface area contributed by atoms with Crippen molar-refractivity contribution in [1.29, 1.82) is 0 Å². The third-order valence-electron chi connectivity index (χ3n) is 6.00. The van der Waals surface area contributed by atoms with Crippen LogP contribution in [0, 0.1) is 0 Å². The number of hydrogen-bond donors (Lipinski definition) is 0. The van der Waals surface area contributed by atoms with Gasteiger partial charge < -0.3 is 19.3 Å². The number of carbonyl (C=O) groups excluding carboxylic acids is 3. The van der Waals surface area contributed by atoms with Crippen molar-refractivity contribution in [3.05, 3.63) is 0 Å². The van der Waals surface area contributed by atoms with E-state index in [1.807, 2.05) is 61.2 Å². The molecule has 2 aliphatic rings. The van der Waals surface area contributed by atoms with Gasteiger partial charge in [-0.15, -0.1) is 0 Å². The van der Waals surface area contributed by atoms with Gasteiger partial charge in [-0.1, -0.05) is 6.92 Å². The Kier molecular flexibility index (Phi) is 7.59. The molecule has 0 aliphatic carbocycles. The maximum atomic E-state index is 13.2. The Bertz CT molecular complexity index is 688. The summed E-state index contributed by atoms with van der Waals surface area (Å²) in [6.45, 7) is 14.4. The van der Waals surface area contributed by atoms with Crippen molar-refractivity contribution in [2.24, 2.45) is 0 Å². The second kappa shape index (κ2) is 9.29. The number of carbonyl (C=O) groups is 3. The molecule has 0 spiro atoms. The van der Waals surface area contributed by atoms with Gasteiger partial charge in [-0.25, -0.2) is 9.59 Å². The lowest BCUT2D eigenvalue weighted by atomic mass is 9.92. The molecule has 8 nitrogen and oxygen atoms in total. The quantitative estimate of drug-likeness (QED) is 0.632. The van der Waals surface area contributed by atoms with Crippen molar-refractivity contribution in [1.82, 2.24) is 14.7 Å². The smallest absolute Gasteiger partial charge is 0.411 e. The van der Waals surface area contributed by atoms with E-state index in [2.05, 4.69) is 0 Å². The lowest BCUT2D eigenvalue weighted by Gasteiger charge is -2.41. The molecule has 0 aromatic heterocycles. The number of likely N-dealkylation sites (tertiary alicyclic amines) is 2. The summed E-state index contributed by atoms with van der Waals surface area (Å²) in [6.07, 6.45) is 2.22. The lowest BCUT2D eigenvalue weighted by Crippen LogP contribution is -2.58. The minimum atomic E-state index is -0.683. The van der Waals surface area contributed by atoms with Gasteiger partial charge in [0.05, 0.1) is 5.54 Å². The van der Waals surface area contributed by atoms with Gasteiger partial charge >= 0.3 is 12.2 Å². The third kappa shape index (κ3) is 6.53. The Morgan fingerprint density at radius 1 is 1.06 bits per heavy atom. The predicted molar refractivity (Wildman–Crippen MR) is 122 cm³/mol. The van der Waals surface area contributed by atoms with Gasteiger partial charge in [0.2, 0.25) is 5.91 Å². The molecule has 0 aromatic carbocycles. The zero-order valence-electron chi connectivity index (χ0n) is 20.6. The van der Waals surface area contributed by atoms with E-state index < -0.39 is 28.9 Å². The maximum absolute atomic E-state index is 13.2. The van der Waals surface area contributed by atoms with Crippen molar-refractivity contribution in [3.63, 3.8) is 0 Å². The number of ether oxygens (including phenoxy) is 2. The second-order valence-corrected chi connectivity index (χ2v) is 10.9. The Hall–Kier alpha value is -1.93. The molecule has 176 valence electrons. The average molecular weight is 437 g/mol. The highest BCUT2D eigenvalue weighted by Crippen LogP contribution is 2.34. The monoisotopic (exact) mass is 437 g/mol. The summed E-state index contributed by atoms with van der Waals surface area (Å²) in [6, 6.07) is 0. The van der Waals surface area contributed by atoms with Crippen LogP contribution < -0.4 is 0 Å². The van der Waals surface area contributed by atoms with Gasteiger partial charge in [0.25, 0.3) is 0 Å². The van der Waals surface area contributed by atoms with E-state index in [9.17, 15) is 14.4 Å². The van der Waals surface area contributed by atoms with Gasteiger partial charge in [-0.2, -0.15) is 0 Å². The predicted octanol–water partition coefficient (Wildman–Crippen LogP) is 2.59. The van der Waals surface area contributed by atoms with Crippen LogP contribution in [0.15, 0.2) is 0 Å². The molecule has 0 aromatic rings. The Labute approximate surface area is 188 Å². The Morgan fingerprint density at radius 2 is 1.68 bits per heavy atom. The van der Waals surface area contributed by atoms with Crippen LogP contribution in [-0.2, 0) is 14.3 Å². The molecule has 2 aliphatic heterocycles. The normalized spacial score (nSPS) is 24.3. The van der Waals surface area contributed by atoms with Gasteiger partial charge in [-0.3, -0.25) is 9.69 Å². The van der Waals surface area contributed by atoms with E-state index in [0.717, 1.165) is 12.8 Å². The SMILES string of the molecule is B[C@@H]1CCCN1C(=O)CN(C(=O)OC(C)(C)C)[C@@]1(CC)CCN(C(=O)OC(C)(C)C)C1. The molecule has 0 unspecified atom stereocenters. The zero-order chi connectivity index (χ0) is 23.6. The standard InChI is InChI=1S/C22H40BN3O5/c1-8-22(11-13-24(15-22)18(28)30-20(2,3)4)26(19(29)31-21(5,6)7)14-17(27)25-12-9-10-16(25)23/h16H,8-15,23H2,1-7H3/t16-,22-/m0/s1. The second-order valence-electron chi connectivity index (χ2n) is 10.9. The van der Waals surface area contributed by atoms with E-state index >= 15 is 0 Å². The molecule has 0 radical (unpaired) electrons. The maximum Gasteiger partial charge on any atom is 0.411 e. The Morgan fingerprint density at radius 3 is 2.16 bits per heavy atom. The summed E-state index contributed by atoms with van der Waals surface area (Å²) < 4.78 is 11.2. The molecular weight excluding hydrogens is 397 g/mol. The Balaban J connectivity index is 2.26. The fourth-order valence-corrected chi connectivity index (χ4v) is 4.31. The minimum Gasteiger partial charge on any atom is -0.444 e. The molecule has 0 bridgehead atoms. The first kappa shape index (κ1) is 25.3. The van der Waals surface area contributed by atoms with E-state index in [1.165, 1.54) is 0 Å². The number of amides is 3. The first-order chi connectivity index (χ1) is 14.2.